The highest BCUT2D eigenvalue weighted by Gasteiger charge is 2.53. The fourth-order valence-corrected chi connectivity index (χ4v) is 2.33. The Balaban J connectivity index is 1.74. The maximum absolute atomic E-state index is 9.47. The van der Waals surface area contributed by atoms with Gasteiger partial charge in [0, 0.05) is 6.42 Å². The topological polar surface area (TPSA) is 53.0 Å². The van der Waals surface area contributed by atoms with E-state index >= 15 is 0 Å². The third kappa shape index (κ3) is 6.72. The highest BCUT2D eigenvalue weighted by Crippen LogP contribution is 2.36. The van der Waals surface area contributed by atoms with Gasteiger partial charge in [0.25, 0.3) is 0 Å². The molecule has 3 heteroatoms. The minimum absolute atomic E-state index is 0.572. The molecule has 1 saturated heterocycles. The number of aliphatic hydroxyl groups excluding tert-OH is 1. The molecule has 1 fully saturated rings. The zero-order valence-corrected chi connectivity index (χ0v) is 12.0. The first-order valence-electron chi connectivity index (χ1n) is 7.63. The highest BCUT2D eigenvalue weighted by molar-refractivity contribution is 4.83. The van der Waals surface area contributed by atoms with Gasteiger partial charge >= 0.3 is 0 Å². The predicted molar refractivity (Wildman–Crippen MR) is 73.0 cm³/mol. The Labute approximate surface area is 112 Å². The van der Waals surface area contributed by atoms with E-state index in [2.05, 4.69) is 13.8 Å². The van der Waals surface area contributed by atoms with Crippen LogP contribution in [0.5, 0.6) is 0 Å². The van der Waals surface area contributed by atoms with Crippen LogP contribution in [0.15, 0.2) is 0 Å². The molecule has 3 nitrogen and oxygen atoms in total. The quantitative estimate of drug-likeness (QED) is 0.440. The Morgan fingerprint density at radius 2 is 1.39 bits per heavy atom. The molecule has 2 unspecified atom stereocenters. The van der Waals surface area contributed by atoms with Crippen LogP contribution in [-0.4, -0.2) is 22.3 Å². The summed E-state index contributed by atoms with van der Waals surface area (Å²) in [5.74, 6) is -0.354. The fraction of sp³-hybridized carbons (Fsp3) is 1.00. The third-order valence-corrected chi connectivity index (χ3v) is 3.71. The average molecular weight is 258 g/mol. The van der Waals surface area contributed by atoms with Gasteiger partial charge in [0.15, 0.2) is 0 Å². The largest absolute Gasteiger partial charge is 0.364 e. The lowest BCUT2D eigenvalue weighted by molar-refractivity contribution is 0.0252. The van der Waals surface area contributed by atoms with Crippen LogP contribution in [0.25, 0.3) is 0 Å². The van der Waals surface area contributed by atoms with Crippen molar-refractivity contribution in [3.8, 4) is 0 Å². The monoisotopic (exact) mass is 258 g/mol. The molecule has 0 aromatic rings. The predicted octanol–water partition coefficient (Wildman–Crippen LogP) is 3.58. The standard InChI is InChI=1S/C15H30O3/c1-13(2)11-9-7-5-3-4-6-8-10-12-15(17)14(16)18-15/h13-14,16-17H,3-12H2,1-2H3. The van der Waals surface area contributed by atoms with Crippen molar-refractivity contribution in [3.05, 3.63) is 0 Å². The fourth-order valence-electron chi connectivity index (χ4n) is 2.33. The van der Waals surface area contributed by atoms with Crippen molar-refractivity contribution >= 4 is 0 Å². The summed E-state index contributed by atoms with van der Waals surface area (Å²) in [6.07, 6.45) is 11.0. The molecule has 2 atom stereocenters. The number of hydrogen-bond acceptors (Lipinski definition) is 3. The van der Waals surface area contributed by atoms with Gasteiger partial charge in [-0.05, 0) is 12.3 Å². The van der Waals surface area contributed by atoms with Gasteiger partial charge in [0.2, 0.25) is 12.1 Å². The summed E-state index contributed by atoms with van der Waals surface area (Å²) in [5, 5.41) is 18.4. The second-order valence-electron chi connectivity index (χ2n) is 6.08. The molecule has 1 heterocycles. The average Bonchev–Trinajstić information content (AvgIpc) is 2.89. The van der Waals surface area contributed by atoms with Gasteiger partial charge in [0.1, 0.15) is 0 Å². The maximum Gasteiger partial charge on any atom is 0.220 e. The summed E-state index contributed by atoms with van der Waals surface area (Å²) < 4.78 is 4.71. The lowest BCUT2D eigenvalue weighted by Crippen LogP contribution is -2.13. The molecule has 1 aliphatic heterocycles. The zero-order chi connectivity index (χ0) is 13.4. The first-order chi connectivity index (χ1) is 8.54. The van der Waals surface area contributed by atoms with E-state index in [4.69, 9.17) is 9.84 Å². The molecular formula is C15H30O3. The van der Waals surface area contributed by atoms with Gasteiger partial charge in [-0.15, -0.1) is 0 Å². The molecule has 2 N–H and O–H groups in total. The van der Waals surface area contributed by atoms with E-state index in [1.165, 1.54) is 44.9 Å². The Bertz CT molecular complexity index is 218. The third-order valence-electron chi connectivity index (χ3n) is 3.71. The van der Waals surface area contributed by atoms with Gasteiger partial charge in [-0.25, -0.2) is 0 Å². The van der Waals surface area contributed by atoms with E-state index in [1.54, 1.807) is 0 Å². The molecule has 0 spiro atoms. The van der Waals surface area contributed by atoms with Crippen molar-refractivity contribution < 1.29 is 14.9 Å². The van der Waals surface area contributed by atoms with E-state index < -0.39 is 12.1 Å². The van der Waals surface area contributed by atoms with Crippen LogP contribution in [0.1, 0.15) is 78.1 Å². The molecule has 0 radical (unpaired) electrons. The number of unbranched alkanes of at least 4 members (excludes halogenated alkanes) is 7. The van der Waals surface area contributed by atoms with Crippen molar-refractivity contribution in [2.24, 2.45) is 5.92 Å². The molecule has 1 rings (SSSR count). The first-order valence-corrected chi connectivity index (χ1v) is 7.63. The molecule has 0 aromatic carbocycles. The highest BCUT2D eigenvalue weighted by atomic mass is 16.8. The number of rotatable bonds is 11. The summed E-state index contributed by atoms with van der Waals surface area (Å²) in [7, 11) is 0. The van der Waals surface area contributed by atoms with E-state index in [0.717, 1.165) is 18.8 Å². The van der Waals surface area contributed by atoms with Crippen molar-refractivity contribution in [1.82, 2.24) is 0 Å². The van der Waals surface area contributed by atoms with Crippen LogP contribution in [-0.2, 0) is 4.74 Å². The van der Waals surface area contributed by atoms with E-state index in [-0.39, 0.29) is 0 Å². The van der Waals surface area contributed by atoms with Crippen LogP contribution in [0.3, 0.4) is 0 Å². The molecule has 18 heavy (non-hydrogen) atoms. The molecule has 0 saturated carbocycles. The van der Waals surface area contributed by atoms with Crippen molar-refractivity contribution in [2.45, 2.75) is 90.1 Å². The SMILES string of the molecule is CC(C)CCCCCCCCCCC1(O)OC1O. The second kappa shape index (κ2) is 8.13. The lowest BCUT2D eigenvalue weighted by atomic mass is 10.0. The summed E-state index contributed by atoms with van der Waals surface area (Å²) in [4.78, 5) is 0. The van der Waals surface area contributed by atoms with E-state index in [9.17, 15) is 5.11 Å². The number of hydrogen-bond donors (Lipinski definition) is 2. The number of ether oxygens (including phenoxy) is 1. The summed E-state index contributed by atoms with van der Waals surface area (Å²) in [6, 6.07) is 0. The summed E-state index contributed by atoms with van der Waals surface area (Å²) in [5.41, 5.74) is 0. The molecule has 0 amide bonds. The molecule has 0 bridgehead atoms. The molecule has 108 valence electrons. The minimum atomic E-state index is -1.20. The van der Waals surface area contributed by atoms with Gasteiger partial charge in [0.05, 0.1) is 0 Å². The summed E-state index contributed by atoms with van der Waals surface area (Å²) >= 11 is 0. The van der Waals surface area contributed by atoms with Crippen LogP contribution < -0.4 is 0 Å². The van der Waals surface area contributed by atoms with E-state index in [1.807, 2.05) is 0 Å². The van der Waals surface area contributed by atoms with Crippen LogP contribution in [0.4, 0.5) is 0 Å². The Morgan fingerprint density at radius 3 is 1.83 bits per heavy atom. The lowest BCUT2D eigenvalue weighted by Gasteiger charge is -2.05. The van der Waals surface area contributed by atoms with Gasteiger partial charge in [-0.2, -0.15) is 0 Å². The number of aliphatic hydroxyl groups is 2. The smallest absolute Gasteiger partial charge is 0.220 e. The van der Waals surface area contributed by atoms with Crippen molar-refractivity contribution in [2.75, 3.05) is 0 Å². The normalized spacial score (nSPS) is 26.8. The van der Waals surface area contributed by atoms with Crippen LogP contribution >= 0.6 is 0 Å². The van der Waals surface area contributed by atoms with Gasteiger partial charge < -0.3 is 14.9 Å². The second-order valence-corrected chi connectivity index (χ2v) is 6.08. The zero-order valence-electron chi connectivity index (χ0n) is 12.0. The first kappa shape index (κ1) is 15.9. The molecule has 1 aliphatic rings. The molecule has 0 aliphatic carbocycles. The van der Waals surface area contributed by atoms with Gasteiger partial charge in [-0.3, -0.25) is 0 Å². The molecule has 0 aromatic heterocycles. The summed E-state index contributed by atoms with van der Waals surface area (Å²) in [6.45, 7) is 4.57. The maximum atomic E-state index is 9.47. The Hall–Kier alpha value is -0.120. The number of epoxide rings is 1. The van der Waals surface area contributed by atoms with E-state index in [0.29, 0.717) is 6.42 Å². The van der Waals surface area contributed by atoms with Gasteiger partial charge in [-0.1, -0.05) is 65.2 Å². The van der Waals surface area contributed by atoms with Crippen LogP contribution in [0, 0.1) is 5.92 Å². The van der Waals surface area contributed by atoms with Crippen molar-refractivity contribution in [3.63, 3.8) is 0 Å². The Kier molecular flexibility index (Phi) is 7.20. The minimum Gasteiger partial charge on any atom is -0.364 e. The molecular weight excluding hydrogens is 228 g/mol. The Morgan fingerprint density at radius 1 is 0.944 bits per heavy atom. The van der Waals surface area contributed by atoms with Crippen molar-refractivity contribution in [1.29, 1.82) is 0 Å². The van der Waals surface area contributed by atoms with Crippen LogP contribution in [0.2, 0.25) is 0 Å².